The van der Waals surface area contributed by atoms with Gasteiger partial charge in [0.1, 0.15) is 0 Å². The molecule has 1 saturated carbocycles. The first-order valence-electron chi connectivity index (χ1n) is 7.64. The van der Waals surface area contributed by atoms with Crippen molar-refractivity contribution in [2.24, 2.45) is 5.92 Å². The van der Waals surface area contributed by atoms with Crippen molar-refractivity contribution in [2.45, 2.75) is 45.1 Å². The van der Waals surface area contributed by atoms with Gasteiger partial charge in [0.05, 0.1) is 6.42 Å². The first kappa shape index (κ1) is 15.5. The second-order valence-electron chi connectivity index (χ2n) is 5.76. The van der Waals surface area contributed by atoms with Crippen LogP contribution in [-0.4, -0.2) is 24.5 Å². The van der Waals surface area contributed by atoms with Crippen LogP contribution < -0.4 is 5.32 Å². The van der Waals surface area contributed by atoms with Crippen molar-refractivity contribution >= 4 is 11.9 Å². The molecule has 2 atom stereocenters. The number of nitrogens with one attached hydrogen (secondary N) is 1. The third kappa shape index (κ3) is 5.21. The van der Waals surface area contributed by atoms with Gasteiger partial charge in [0, 0.05) is 6.04 Å². The fourth-order valence-corrected chi connectivity index (χ4v) is 2.74. The Bertz CT molecular complexity index is 472. The topological polar surface area (TPSA) is 55.4 Å². The van der Waals surface area contributed by atoms with Gasteiger partial charge >= 0.3 is 5.97 Å². The van der Waals surface area contributed by atoms with Crippen LogP contribution in [0.5, 0.6) is 0 Å². The smallest absolute Gasteiger partial charge is 0.310 e. The molecule has 114 valence electrons. The van der Waals surface area contributed by atoms with Gasteiger partial charge in [0.25, 0.3) is 5.91 Å². The van der Waals surface area contributed by atoms with Crippen molar-refractivity contribution in [1.29, 1.82) is 0 Å². The zero-order valence-corrected chi connectivity index (χ0v) is 12.5. The number of amides is 1. The number of benzene rings is 1. The summed E-state index contributed by atoms with van der Waals surface area (Å²) in [7, 11) is 0. The van der Waals surface area contributed by atoms with E-state index in [1.165, 1.54) is 6.42 Å². The van der Waals surface area contributed by atoms with Crippen molar-refractivity contribution in [3.63, 3.8) is 0 Å². The Hall–Kier alpha value is -1.84. The van der Waals surface area contributed by atoms with Gasteiger partial charge < -0.3 is 10.1 Å². The highest BCUT2D eigenvalue weighted by molar-refractivity contribution is 5.81. The summed E-state index contributed by atoms with van der Waals surface area (Å²) in [5.41, 5.74) is 0.892. The average molecular weight is 289 g/mol. The predicted molar refractivity (Wildman–Crippen MR) is 80.7 cm³/mol. The Morgan fingerprint density at radius 1 is 1.19 bits per heavy atom. The van der Waals surface area contributed by atoms with Crippen LogP contribution in [0.1, 0.15) is 38.2 Å². The van der Waals surface area contributed by atoms with Gasteiger partial charge in [0.15, 0.2) is 6.61 Å². The van der Waals surface area contributed by atoms with Crippen LogP contribution in [0.25, 0.3) is 0 Å². The predicted octanol–water partition coefficient (Wildman–Crippen LogP) is 2.47. The fraction of sp³-hybridized carbons (Fsp3) is 0.529. The SMILES string of the molecule is C[C@@H]1CCCC[C@@H]1NC(=O)COC(=O)Cc1ccccc1. The quantitative estimate of drug-likeness (QED) is 0.847. The number of rotatable bonds is 5. The summed E-state index contributed by atoms with van der Waals surface area (Å²) in [5, 5.41) is 2.97. The van der Waals surface area contributed by atoms with E-state index in [0.29, 0.717) is 5.92 Å². The molecular weight excluding hydrogens is 266 g/mol. The first-order valence-corrected chi connectivity index (χ1v) is 7.64. The van der Waals surface area contributed by atoms with E-state index in [-0.39, 0.29) is 30.9 Å². The number of carbonyl (C=O) groups excluding carboxylic acids is 2. The number of carbonyl (C=O) groups is 2. The molecule has 4 heteroatoms. The molecule has 4 nitrogen and oxygen atoms in total. The molecule has 1 aliphatic rings. The van der Waals surface area contributed by atoms with Gasteiger partial charge in [-0.25, -0.2) is 0 Å². The van der Waals surface area contributed by atoms with Crippen molar-refractivity contribution in [1.82, 2.24) is 5.32 Å². The molecule has 1 aromatic rings. The molecule has 0 bridgehead atoms. The van der Waals surface area contributed by atoms with E-state index < -0.39 is 0 Å². The number of hydrogen-bond acceptors (Lipinski definition) is 3. The lowest BCUT2D eigenvalue weighted by molar-refractivity contribution is -0.148. The summed E-state index contributed by atoms with van der Waals surface area (Å²) >= 11 is 0. The van der Waals surface area contributed by atoms with E-state index in [1.807, 2.05) is 30.3 Å². The molecule has 0 unspecified atom stereocenters. The maximum Gasteiger partial charge on any atom is 0.310 e. The second-order valence-corrected chi connectivity index (χ2v) is 5.76. The third-order valence-electron chi connectivity index (χ3n) is 4.01. The maximum atomic E-state index is 11.8. The van der Waals surface area contributed by atoms with Gasteiger partial charge in [-0.3, -0.25) is 9.59 Å². The molecule has 0 radical (unpaired) electrons. The summed E-state index contributed by atoms with van der Waals surface area (Å²) in [6, 6.07) is 9.60. The van der Waals surface area contributed by atoms with Gasteiger partial charge in [-0.05, 0) is 24.3 Å². The van der Waals surface area contributed by atoms with Crippen molar-refractivity contribution < 1.29 is 14.3 Å². The summed E-state index contributed by atoms with van der Waals surface area (Å²) in [6.45, 7) is 1.97. The van der Waals surface area contributed by atoms with Crippen LogP contribution in [0.4, 0.5) is 0 Å². The molecule has 0 heterocycles. The summed E-state index contributed by atoms with van der Waals surface area (Å²) in [5.74, 6) is -0.0640. The second kappa shape index (κ2) is 7.81. The van der Waals surface area contributed by atoms with Crippen molar-refractivity contribution in [3.8, 4) is 0 Å². The Labute approximate surface area is 125 Å². The van der Waals surface area contributed by atoms with Crippen molar-refractivity contribution in [3.05, 3.63) is 35.9 Å². The van der Waals surface area contributed by atoms with Crippen LogP contribution in [0.2, 0.25) is 0 Å². The Kier molecular flexibility index (Phi) is 5.78. The lowest BCUT2D eigenvalue weighted by atomic mass is 9.86. The minimum atomic E-state index is -0.368. The van der Waals surface area contributed by atoms with Gasteiger partial charge in [0.2, 0.25) is 0 Å². The Balaban J connectivity index is 1.69. The molecule has 0 saturated heterocycles. The molecule has 21 heavy (non-hydrogen) atoms. The summed E-state index contributed by atoms with van der Waals surface area (Å²) < 4.78 is 5.03. The minimum Gasteiger partial charge on any atom is -0.455 e. The fourth-order valence-electron chi connectivity index (χ4n) is 2.74. The summed E-state index contributed by atoms with van der Waals surface area (Å²) in [4.78, 5) is 23.5. The monoisotopic (exact) mass is 289 g/mol. The lowest BCUT2D eigenvalue weighted by Crippen LogP contribution is -2.42. The number of esters is 1. The van der Waals surface area contributed by atoms with Crippen molar-refractivity contribution in [2.75, 3.05) is 6.61 Å². The van der Waals surface area contributed by atoms with Crippen LogP contribution in [0.3, 0.4) is 0 Å². The molecular formula is C17H23NO3. The third-order valence-corrected chi connectivity index (χ3v) is 4.01. The molecule has 0 spiro atoms. The van der Waals surface area contributed by atoms with E-state index in [2.05, 4.69) is 12.2 Å². The largest absolute Gasteiger partial charge is 0.455 e. The highest BCUT2D eigenvalue weighted by Gasteiger charge is 2.23. The van der Waals surface area contributed by atoms with E-state index in [1.54, 1.807) is 0 Å². The molecule has 1 aliphatic carbocycles. The molecule has 0 aliphatic heterocycles. The van der Waals surface area contributed by atoms with E-state index in [0.717, 1.165) is 24.8 Å². The molecule has 1 amide bonds. The molecule has 1 N–H and O–H groups in total. The van der Waals surface area contributed by atoms with E-state index >= 15 is 0 Å². The normalized spacial score (nSPS) is 21.6. The Morgan fingerprint density at radius 2 is 1.90 bits per heavy atom. The van der Waals surface area contributed by atoms with Gasteiger partial charge in [-0.1, -0.05) is 50.1 Å². The molecule has 1 fully saturated rings. The van der Waals surface area contributed by atoms with E-state index in [9.17, 15) is 9.59 Å². The van der Waals surface area contributed by atoms with Gasteiger partial charge in [-0.2, -0.15) is 0 Å². The molecule has 0 aromatic heterocycles. The average Bonchev–Trinajstić information content (AvgIpc) is 2.49. The maximum absolute atomic E-state index is 11.8. The lowest BCUT2D eigenvalue weighted by Gasteiger charge is -2.29. The standard InChI is InChI=1S/C17H23NO3/c1-13-7-5-6-10-15(13)18-16(19)12-21-17(20)11-14-8-3-2-4-9-14/h2-4,8-9,13,15H,5-7,10-12H2,1H3,(H,18,19)/t13-,15+/m1/s1. The highest BCUT2D eigenvalue weighted by atomic mass is 16.5. The van der Waals surface area contributed by atoms with Crippen LogP contribution in [0, 0.1) is 5.92 Å². The van der Waals surface area contributed by atoms with Crippen LogP contribution in [-0.2, 0) is 20.7 Å². The zero-order valence-electron chi connectivity index (χ0n) is 12.5. The zero-order chi connectivity index (χ0) is 15.1. The molecule has 2 rings (SSSR count). The van der Waals surface area contributed by atoms with Gasteiger partial charge in [-0.15, -0.1) is 0 Å². The molecule has 1 aromatic carbocycles. The Morgan fingerprint density at radius 3 is 2.62 bits per heavy atom. The number of ether oxygens (including phenoxy) is 1. The van der Waals surface area contributed by atoms with Crippen LogP contribution in [0.15, 0.2) is 30.3 Å². The van der Waals surface area contributed by atoms with E-state index in [4.69, 9.17) is 4.74 Å². The number of hydrogen-bond donors (Lipinski definition) is 1. The first-order chi connectivity index (χ1) is 10.1. The highest BCUT2D eigenvalue weighted by Crippen LogP contribution is 2.23. The van der Waals surface area contributed by atoms with Crippen LogP contribution >= 0.6 is 0 Å². The minimum absolute atomic E-state index is 0.186. The summed E-state index contributed by atoms with van der Waals surface area (Å²) in [6.07, 6.45) is 4.76.